The summed E-state index contributed by atoms with van der Waals surface area (Å²) >= 11 is 0. The van der Waals surface area contributed by atoms with Crippen molar-refractivity contribution < 1.29 is 14.6 Å². The van der Waals surface area contributed by atoms with Gasteiger partial charge < -0.3 is 19.3 Å². The van der Waals surface area contributed by atoms with E-state index in [-0.39, 0.29) is 5.56 Å². The Morgan fingerprint density at radius 1 is 1.14 bits per heavy atom. The van der Waals surface area contributed by atoms with E-state index in [1.54, 1.807) is 12.1 Å². The molecule has 3 aromatic rings. The average Bonchev–Trinajstić information content (AvgIpc) is 3.04. The fourth-order valence-corrected chi connectivity index (χ4v) is 3.56. The summed E-state index contributed by atoms with van der Waals surface area (Å²) in [7, 11) is 0. The van der Waals surface area contributed by atoms with E-state index in [9.17, 15) is 9.90 Å². The number of benzene rings is 2. The summed E-state index contributed by atoms with van der Waals surface area (Å²) in [6.45, 7) is 12.4. The molecule has 0 spiro atoms. The molecule has 1 heterocycles. The monoisotopic (exact) mass is 395 g/mol. The van der Waals surface area contributed by atoms with Crippen LogP contribution in [-0.4, -0.2) is 45.2 Å². The van der Waals surface area contributed by atoms with Gasteiger partial charge in [-0.1, -0.05) is 31.5 Å². The number of carboxylic acids is 1. The quantitative estimate of drug-likeness (QED) is 0.586. The van der Waals surface area contributed by atoms with Crippen LogP contribution in [0.25, 0.3) is 11.0 Å². The Morgan fingerprint density at radius 3 is 2.55 bits per heavy atom. The number of ether oxygens (including phenoxy) is 1. The Bertz CT molecular complexity index is 1010. The molecule has 0 aliphatic carbocycles. The normalized spacial score (nSPS) is 11.3. The summed E-state index contributed by atoms with van der Waals surface area (Å²) in [6, 6.07) is 11.2. The van der Waals surface area contributed by atoms with Crippen molar-refractivity contribution in [2.75, 3.05) is 19.6 Å². The van der Waals surface area contributed by atoms with E-state index in [4.69, 9.17) is 9.72 Å². The van der Waals surface area contributed by atoms with Gasteiger partial charge in [-0.25, -0.2) is 9.78 Å². The smallest absolute Gasteiger partial charge is 0.335 e. The van der Waals surface area contributed by atoms with Gasteiger partial charge in [-0.3, -0.25) is 0 Å². The van der Waals surface area contributed by atoms with Gasteiger partial charge in [0.25, 0.3) is 0 Å². The van der Waals surface area contributed by atoms with E-state index in [1.165, 1.54) is 5.56 Å². The molecule has 3 rings (SSSR count). The minimum Gasteiger partial charge on any atom is -0.485 e. The Balaban J connectivity index is 1.92. The molecule has 0 bridgehead atoms. The SMILES string of the molecule is CCN(CC)CCn1c(COc2ccc(C)cc2C)nc2cc(C(=O)O)ccc21. The molecule has 1 aromatic heterocycles. The van der Waals surface area contributed by atoms with Crippen LogP contribution in [0.15, 0.2) is 36.4 Å². The molecule has 0 saturated carbocycles. The summed E-state index contributed by atoms with van der Waals surface area (Å²) in [5.41, 5.74) is 4.14. The minimum absolute atomic E-state index is 0.243. The van der Waals surface area contributed by atoms with Gasteiger partial charge in [0.15, 0.2) is 0 Å². The third kappa shape index (κ3) is 4.77. The highest BCUT2D eigenvalue weighted by Gasteiger charge is 2.15. The summed E-state index contributed by atoms with van der Waals surface area (Å²) in [5.74, 6) is 0.691. The molecule has 2 aromatic carbocycles. The number of rotatable bonds is 9. The molecule has 0 aliphatic rings. The number of carbonyl (C=O) groups is 1. The Kier molecular flexibility index (Phi) is 6.54. The maximum atomic E-state index is 11.3. The molecule has 6 nitrogen and oxygen atoms in total. The number of aromatic nitrogens is 2. The van der Waals surface area contributed by atoms with E-state index in [1.807, 2.05) is 25.1 Å². The third-order valence-electron chi connectivity index (χ3n) is 5.30. The maximum Gasteiger partial charge on any atom is 0.335 e. The summed E-state index contributed by atoms with van der Waals surface area (Å²) < 4.78 is 8.21. The fraction of sp³-hybridized carbons (Fsp3) is 0.391. The largest absolute Gasteiger partial charge is 0.485 e. The number of nitrogens with zero attached hydrogens (tertiary/aromatic N) is 3. The molecule has 0 atom stereocenters. The molecular formula is C23H29N3O3. The second-order valence-electron chi connectivity index (χ2n) is 7.27. The average molecular weight is 396 g/mol. The van der Waals surface area contributed by atoms with Crippen LogP contribution >= 0.6 is 0 Å². The number of aryl methyl sites for hydroxylation is 2. The van der Waals surface area contributed by atoms with Crippen molar-refractivity contribution in [3.05, 3.63) is 58.9 Å². The van der Waals surface area contributed by atoms with Gasteiger partial charge in [0.2, 0.25) is 0 Å². The van der Waals surface area contributed by atoms with Crippen LogP contribution in [0.5, 0.6) is 5.75 Å². The van der Waals surface area contributed by atoms with Gasteiger partial charge in [-0.2, -0.15) is 0 Å². The molecule has 1 N–H and O–H groups in total. The van der Waals surface area contributed by atoms with E-state index in [0.717, 1.165) is 48.8 Å². The number of likely N-dealkylation sites (N-methyl/N-ethyl adjacent to an activating group) is 1. The van der Waals surface area contributed by atoms with Crippen LogP contribution in [0, 0.1) is 13.8 Å². The third-order valence-corrected chi connectivity index (χ3v) is 5.30. The molecule has 0 fully saturated rings. The Labute approximate surface area is 171 Å². The highest BCUT2D eigenvalue weighted by atomic mass is 16.5. The van der Waals surface area contributed by atoms with E-state index >= 15 is 0 Å². The van der Waals surface area contributed by atoms with E-state index < -0.39 is 5.97 Å². The lowest BCUT2D eigenvalue weighted by Gasteiger charge is -2.19. The van der Waals surface area contributed by atoms with Gasteiger partial charge in [0.05, 0.1) is 16.6 Å². The van der Waals surface area contributed by atoms with Gasteiger partial charge in [0, 0.05) is 13.1 Å². The lowest BCUT2D eigenvalue weighted by Crippen LogP contribution is -2.27. The Morgan fingerprint density at radius 2 is 1.90 bits per heavy atom. The van der Waals surface area contributed by atoms with Crippen LogP contribution in [-0.2, 0) is 13.2 Å². The second-order valence-corrected chi connectivity index (χ2v) is 7.27. The first-order valence-electron chi connectivity index (χ1n) is 10.1. The molecule has 0 amide bonds. The first-order chi connectivity index (χ1) is 13.9. The van der Waals surface area contributed by atoms with Crippen molar-refractivity contribution in [3.63, 3.8) is 0 Å². The van der Waals surface area contributed by atoms with Gasteiger partial charge in [0.1, 0.15) is 18.2 Å². The molecule has 154 valence electrons. The second kappa shape index (κ2) is 9.09. The molecule has 0 unspecified atom stereocenters. The molecule has 0 aliphatic heterocycles. The number of hydrogen-bond acceptors (Lipinski definition) is 4. The zero-order valence-electron chi connectivity index (χ0n) is 17.6. The fourth-order valence-electron chi connectivity index (χ4n) is 3.56. The lowest BCUT2D eigenvalue weighted by atomic mass is 10.1. The highest BCUT2D eigenvalue weighted by molar-refractivity contribution is 5.92. The summed E-state index contributed by atoms with van der Waals surface area (Å²) in [5, 5.41) is 9.30. The van der Waals surface area contributed by atoms with E-state index in [0.29, 0.717) is 12.1 Å². The van der Waals surface area contributed by atoms with Gasteiger partial charge in [-0.05, 0) is 56.8 Å². The highest BCUT2D eigenvalue weighted by Crippen LogP contribution is 2.23. The van der Waals surface area contributed by atoms with Crippen molar-refractivity contribution in [1.82, 2.24) is 14.5 Å². The maximum absolute atomic E-state index is 11.3. The number of imidazole rings is 1. The minimum atomic E-state index is -0.947. The van der Waals surface area contributed by atoms with Gasteiger partial charge >= 0.3 is 5.97 Å². The van der Waals surface area contributed by atoms with Crippen molar-refractivity contribution in [2.24, 2.45) is 0 Å². The standard InChI is InChI=1S/C23H29N3O3/c1-5-25(6-2)11-12-26-20-9-8-18(23(27)28)14-19(20)24-22(26)15-29-21-10-7-16(3)13-17(21)4/h7-10,13-14H,5-6,11-12,15H2,1-4H3,(H,27,28). The number of hydrogen-bond donors (Lipinski definition) is 1. The number of carboxylic acid groups (broad SMARTS) is 1. The zero-order valence-corrected chi connectivity index (χ0v) is 17.6. The van der Waals surface area contributed by atoms with Crippen molar-refractivity contribution in [1.29, 1.82) is 0 Å². The molecule has 0 radical (unpaired) electrons. The van der Waals surface area contributed by atoms with Crippen molar-refractivity contribution in [3.8, 4) is 5.75 Å². The predicted octanol–water partition coefficient (Wildman–Crippen LogP) is 4.27. The van der Waals surface area contributed by atoms with Crippen LogP contribution in [0.4, 0.5) is 0 Å². The molecular weight excluding hydrogens is 366 g/mol. The van der Waals surface area contributed by atoms with Crippen LogP contribution in [0.2, 0.25) is 0 Å². The molecule has 0 saturated heterocycles. The summed E-state index contributed by atoms with van der Waals surface area (Å²) in [4.78, 5) is 18.4. The van der Waals surface area contributed by atoms with Crippen LogP contribution in [0.1, 0.15) is 41.2 Å². The first kappa shape index (κ1) is 20.9. The Hall–Kier alpha value is -2.86. The van der Waals surface area contributed by atoms with E-state index in [2.05, 4.69) is 36.3 Å². The topological polar surface area (TPSA) is 67.6 Å². The van der Waals surface area contributed by atoms with Crippen LogP contribution in [0.3, 0.4) is 0 Å². The zero-order chi connectivity index (χ0) is 21.0. The number of aromatic carboxylic acids is 1. The first-order valence-corrected chi connectivity index (χ1v) is 10.1. The van der Waals surface area contributed by atoms with Crippen LogP contribution < -0.4 is 4.74 Å². The summed E-state index contributed by atoms with van der Waals surface area (Å²) in [6.07, 6.45) is 0. The van der Waals surface area contributed by atoms with Crippen molar-refractivity contribution in [2.45, 2.75) is 40.8 Å². The predicted molar refractivity (Wildman–Crippen MR) is 115 cm³/mol. The lowest BCUT2D eigenvalue weighted by molar-refractivity contribution is 0.0697. The van der Waals surface area contributed by atoms with Gasteiger partial charge in [-0.15, -0.1) is 0 Å². The molecule has 29 heavy (non-hydrogen) atoms. The molecule has 6 heteroatoms. The number of fused-ring (bicyclic) bond motifs is 1. The van der Waals surface area contributed by atoms with Crippen molar-refractivity contribution >= 4 is 17.0 Å².